The van der Waals surface area contributed by atoms with Gasteiger partial charge in [0, 0.05) is 45.3 Å². The van der Waals surface area contributed by atoms with Gasteiger partial charge in [-0.25, -0.2) is 14.1 Å². The van der Waals surface area contributed by atoms with E-state index in [4.69, 9.17) is 5.11 Å². The molecule has 0 aliphatic carbocycles. The molecule has 1 aliphatic heterocycles. The predicted molar refractivity (Wildman–Crippen MR) is 145 cm³/mol. The number of carbonyl (C=O) groups excluding carboxylic acids is 1. The van der Waals surface area contributed by atoms with Crippen molar-refractivity contribution in [2.75, 3.05) is 49.6 Å². The Morgan fingerprint density at radius 3 is 2.52 bits per heavy atom. The van der Waals surface area contributed by atoms with Gasteiger partial charge < -0.3 is 24.9 Å². The Morgan fingerprint density at radius 2 is 1.90 bits per heavy atom. The number of hydrogen-bond donors (Lipinski definition) is 2. The van der Waals surface area contributed by atoms with Crippen molar-refractivity contribution in [1.82, 2.24) is 24.6 Å². The number of aryl methyl sites for hydroxylation is 1. The van der Waals surface area contributed by atoms with Crippen molar-refractivity contribution in [1.29, 1.82) is 5.26 Å². The maximum atomic E-state index is 15.2. The fourth-order valence-corrected chi connectivity index (χ4v) is 5.54. The van der Waals surface area contributed by atoms with E-state index in [2.05, 4.69) is 21.1 Å². The van der Waals surface area contributed by atoms with Crippen molar-refractivity contribution in [3.8, 4) is 17.3 Å². The molecule has 1 aliphatic rings. The maximum Gasteiger partial charge on any atom is 0.253 e. The lowest BCUT2D eigenvalue weighted by atomic mass is 10.1. The van der Waals surface area contributed by atoms with E-state index in [0.29, 0.717) is 52.1 Å². The van der Waals surface area contributed by atoms with Crippen LogP contribution in [0.4, 0.5) is 25.4 Å². The van der Waals surface area contributed by atoms with Crippen LogP contribution in [-0.2, 0) is 11.3 Å². The summed E-state index contributed by atoms with van der Waals surface area (Å²) in [4.78, 5) is 26.3. The summed E-state index contributed by atoms with van der Waals surface area (Å²) < 4.78 is 30.3. The van der Waals surface area contributed by atoms with E-state index < -0.39 is 24.6 Å². The summed E-state index contributed by atoms with van der Waals surface area (Å²) in [5, 5.41) is 34.0. The Balaban J connectivity index is 1.49. The number of anilines is 3. The number of carbonyl (C=O) groups is 1. The molecular weight excluding hydrogens is 542 g/mol. The zero-order valence-corrected chi connectivity index (χ0v) is 22.6. The van der Waals surface area contributed by atoms with E-state index in [1.54, 1.807) is 39.7 Å². The number of amides is 1. The summed E-state index contributed by atoms with van der Waals surface area (Å²) >= 11 is 1.17. The number of nitrogens with zero attached hydrogens (tertiary/aromatic N) is 8. The van der Waals surface area contributed by atoms with Crippen molar-refractivity contribution in [3.63, 3.8) is 0 Å². The Hall–Kier alpha value is -4.19. The normalized spacial score (nSPS) is 14.4. The second-order valence-electron chi connectivity index (χ2n) is 9.17. The van der Waals surface area contributed by atoms with Crippen LogP contribution < -0.4 is 9.80 Å². The molecule has 0 spiro atoms. The molecule has 2 N–H and O–H groups in total. The number of halogens is 2. The smallest absolute Gasteiger partial charge is 0.253 e. The predicted octanol–water partition coefficient (Wildman–Crippen LogP) is 2.49. The molecule has 4 aromatic rings. The zero-order chi connectivity index (χ0) is 28.6. The molecule has 4 heterocycles. The van der Waals surface area contributed by atoms with Gasteiger partial charge in [-0.3, -0.25) is 4.79 Å². The highest BCUT2D eigenvalue weighted by Gasteiger charge is 2.29. The topological polar surface area (TPSA) is 135 Å². The van der Waals surface area contributed by atoms with Crippen LogP contribution in [0.2, 0.25) is 0 Å². The fourth-order valence-electron chi connectivity index (χ4n) is 4.69. The lowest BCUT2D eigenvalue weighted by molar-refractivity contribution is -0.142. The first-order valence-corrected chi connectivity index (χ1v) is 13.4. The van der Waals surface area contributed by atoms with Crippen molar-refractivity contribution in [3.05, 3.63) is 47.0 Å². The van der Waals surface area contributed by atoms with Crippen molar-refractivity contribution in [2.24, 2.45) is 0 Å². The molecule has 1 atom stereocenters. The van der Waals surface area contributed by atoms with Gasteiger partial charge in [-0.2, -0.15) is 19.7 Å². The second-order valence-corrected chi connectivity index (χ2v) is 10.1. The van der Waals surface area contributed by atoms with E-state index >= 15 is 4.39 Å². The van der Waals surface area contributed by atoms with Crippen LogP contribution >= 0.6 is 11.3 Å². The van der Waals surface area contributed by atoms with Crippen LogP contribution in [0.3, 0.4) is 0 Å². The molecule has 1 fully saturated rings. The van der Waals surface area contributed by atoms with Crippen LogP contribution in [0.15, 0.2) is 30.3 Å². The number of aliphatic hydroxyl groups excluding tert-OH is 2. The largest absolute Gasteiger partial charge is 0.393 e. The van der Waals surface area contributed by atoms with E-state index in [1.807, 2.05) is 6.92 Å². The maximum absolute atomic E-state index is 15.2. The fraction of sp³-hybridized carbons (Fsp3) is 0.346. The molecule has 0 saturated carbocycles. The number of pyridine rings is 1. The molecule has 1 amide bonds. The van der Waals surface area contributed by atoms with Crippen LogP contribution in [0.5, 0.6) is 0 Å². The van der Waals surface area contributed by atoms with Crippen LogP contribution in [0.1, 0.15) is 11.8 Å². The number of benzene rings is 1. The van der Waals surface area contributed by atoms with Crippen molar-refractivity contribution >= 4 is 44.9 Å². The van der Waals surface area contributed by atoms with Gasteiger partial charge in [0.05, 0.1) is 17.7 Å². The quantitative estimate of drug-likeness (QED) is 0.323. The Kier molecular flexibility index (Phi) is 7.61. The molecule has 1 saturated heterocycles. The SMILES string of the molecule is CCn1nc2nc(F)c(N3CCN(C(=O)C(O)CO)CC3)cc2c1N(C)c1nc(-c2ccc(F)cc2)c(C#N)s1. The average molecular weight is 569 g/mol. The molecule has 5 rings (SSSR count). The molecular formula is C26H26F2N8O3S. The molecule has 1 aromatic carbocycles. The van der Waals surface area contributed by atoms with Gasteiger partial charge in [-0.1, -0.05) is 11.3 Å². The number of hydrogen-bond acceptors (Lipinski definition) is 10. The first-order valence-electron chi connectivity index (χ1n) is 12.6. The summed E-state index contributed by atoms with van der Waals surface area (Å²) in [6, 6.07) is 9.59. The highest BCUT2D eigenvalue weighted by Crippen LogP contribution is 2.38. The molecule has 208 valence electrons. The Bertz CT molecular complexity index is 1590. The summed E-state index contributed by atoms with van der Waals surface area (Å²) in [5.41, 5.74) is 1.50. The minimum Gasteiger partial charge on any atom is -0.393 e. The van der Waals surface area contributed by atoms with E-state index in [9.17, 15) is 19.6 Å². The molecule has 40 heavy (non-hydrogen) atoms. The number of nitriles is 1. The van der Waals surface area contributed by atoms with Gasteiger partial charge in [0.1, 0.15) is 28.3 Å². The lowest BCUT2D eigenvalue weighted by Gasteiger charge is -2.36. The van der Waals surface area contributed by atoms with E-state index in [-0.39, 0.29) is 30.2 Å². The third-order valence-corrected chi connectivity index (χ3v) is 7.80. The van der Waals surface area contributed by atoms with E-state index in [0.717, 1.165) is 0 Å². The summed E-state index contributed by atoms with van der Waals surface area (Å²) in [6.45, 7) is 2.80. The monoisotopic (exact) mass is 568 g/mol. The second kappa shape index (κ2) is 11.1. The molecule has 14 heteroatoms. The molecule has 0 bridgehead atoms. The summed E-state index contributed by atoms with van der Waals surface area (Å²) in [7, 11) is 1.77. The molecule has 0 radical (unpaired) electrons. The number of aliphatic hydroxyl groups is 2. The van der Waals surface area contributed by atoms with Gasteiger partial charge in [-0.05, 0) is 37.3 Å². The number of thiazole rings is 1. The summed E-state index contributed by atoms with van der Waals surface area (Å²) in [5.74, 6) is -1.05. The zero-order valence-electron chi connectivity index (χ0n) is 21.8. The van der Waals surface area contributed by atoms with Crippen LogP contribution in [0.25, 0.3) is 22.3 Å². The molecule has 1 unspecified atom stereocenters. The molecule has 3 aromatic heterocycles. The highest BCUT2D eigenvalue weighted by molar-refractivity contribution is 7.16. The first kappa shape index (κ1) is 27.4. The number of piperazine rings is 1. The lowest BCUT2D eigenvalue weighted by Crippen LogP contribution is -2.52. The molecule has 11 nitrogen and oxygen atoms in total. The van der Waals surface area contributed by atoms with Gasteiger partial charge >= 0.3 is 0 Å². The van der Waals surface area contributed by atoms with Crippen LogP contribution in [0, 0.1) is 23.1 Å². The van der Waals surface area contributed by atoms with Crippen molar-refractivity contribution < 1.29 is 23.8 Å². The van der Waals surface area contributed by atoms with Gasteiger partial charge in [0.2, 0.25) is 5.95 Å². The minimum atomic E-state index is -1.48. The first-order chi connectivity index (χ1) is 19.2. The standard InChI is InChI=1S/C26H26F2N8O3S/c1-3-36-24(33(2)26-30-21(20(13-29)40-26)15-4-6-16(27)7-5-15)17-12-18(22(28)31-23(17)32-36)34-8-10-35(11-9-34)25(39)19(38)14-37/h4-7,12,19,37-38H,3,8-11,14H2,1-2H3. The van der Waals surface area contributed by atoms with Gasteiger partial charge in [-0.15, -0.1) is 0 Å². The van der Waals surface area contributed by atoms with E-state index in [1.165, 1.54) is 28.4 Å². The van der Waals surface area contributed by atoms with Gasteiger partial charge in [0.25, 0.3) is 5.91 Å². The van der Waals surface area contributed by atoms with Crippen LogP contribution in [-0.4, -0.2) is 86.7 Å². The average Bonchev–Trinajstić information content (AvgIpc) is 3.57. The number of aromatic nitrogens is 4. The minimum absolute atomic E-state index is 0.209. The Labute approximate surface area is 232 Å². The highest BCUT2D eigenvalue weighted by atomic mass is 32.1. The summed E-state index contributed by atoms with van der Waals surface area (Å²) in [6.07, 6.45) is -1.48. The third kappa shape index (κ3) is 4.94. The van der Waals surface area contributed by atoms with Crippen molar-refractivity contribution in [2.45, 2.75) is 19.6 Å². The van der Waals surface area contributed by atoms with Gasteiger partial charge in [0.15, 0.2) is 16.9 Å². The Morgan fingerprint density at radius 1 is 1.20 bits per heavy atom. The number of rotatable bonds is 7. The third-order valence-electron chi connectivity index (χ3n) is 6.77. The number of fused-ring (bicyclic) bond motifs is 1.